The third-order valence-corrected chi connectivity index (χ3v) is 7.38. The second-order valence-electron chi connectivity index (χ2n) is 8.92. The summed E-state index contributed by atoms with van der Waals surface area (Å²) in [5.74, 6) is -1.03. The van der Waals surface area contributed by atoms with Crippen molar-refractivity contribution in [2.45, 2.75) is 44.7 Å². The number of aromatic nitrogens is 1. The van der Waals surface area contributed by atoms with Gasteiger partial charge in [0.05, 0.1) is 0 Å². The maximum atomic E-state index is 14.1. The van der Waals surface area contributed by atoms with Crippen molar-refractivity contribution in [1.29, 1.82) is 0 Å². The van der Waals surface area contributed by atoms with E-state index in [4.69, 9.17) is 0 Å². The summed E-state index contributed by atoms with van der Waals surface area (Å²) in [6.07, 6.45) is -5.26. The van der Waals surface area contributed by atoms with Crippen LogP contribution in [0.15, 0.2) is 30.3 Å². The fourth-order valence-electron chi connectivity index (χ4n) is 4.43. The first-order valence-corrected chi connectivity index (χ1v) is 12.4. The molecule has 2 atom stereocenters. The lowest BCUT2D eigenvalue weighted by molar-refractivity contribution is -0.178. The number of piperidine rings is 1. The van der Waals surface area contributed by atoms with Gasteiger partial charge >= 0.3 is 6.18 Å². The molecule has 0 radical (unpaired) electrons. The van der Waals surface area contributed by atoms with Crippen LogP contribution in [0.1, 0.15) is 35.8 Å². The normalized spacial score (nSPS) is 19.9. The molecule has 1 unspecified atom stereocenters. The molecule has 0 saturated carbocycles. The minimum atomic E-state index is -4.63. The molecule has 2 aliphatic heterocycles. The average Bonchev–Trinajstić information content (AvgIpc) is 3.25. The van der Waals surface area contributed by atoms with E-state index in [0.717, 1.165) is 39.8 Å². The van der Waals surface area contributed by atoms with Gasteiger partial charge in [-0.15, -0.1) is 0 Å². The van der Waals surface area contributed by atoms with Gasteiger partial charge in [-0.25, -0.2) is 4.98 Å². The summed E-state index contributed by atoms with van der Waals surface area (Å²) in [5.41, 5.74) is 0.920. The van der Waals surface area contributed by atoms with Gasteiger partial charge in [0.1, 0.15) is 11.0 Å². The van der Waals surface area contributed by atoms with Gasteiger partial charge in [-0.1, -0.05) is 41.7 Å². The summed E-state index contributed by atoms with van der Waals surface area (Å²) in [5, 5.41) is 9.30. The topological polar surface area (TPSA) is 89.6 Å². The highest BCUT2D eigenvalue weighted by Gasteiger charge is 2.53. The van der Waals surface area contributed by atoms with Crippen molar-refractivity contribution in [3.05, 3.63) is 41.6 Å². The van der Waals surface area contributed by atoms with E-state index in [0.29, 0.717) is 19.4 Å². The Kier molecular flexibility index (Phi) is 7.50. The number of alkyl halides is 3. The highest BCUT2D eigenvalue weighted by atomic mass is 32.1. The molecule has 1 aromatic carbocycles. The highest BCUT2D eigenvalue weighted by Crippen LogP contribution is 2.42. The predicted molar refractivity (Wildman–Crippen MR) is 128 cm³/mol. The highest BCUT2D eigenvalue weighted by molar-refractivity contribution is 7.20. The number of thiazole rings is 1. The summed E-state index contributed by atoms with van der Waals surface area (Å²) in [6, 6.07) is 8.71. The average molecular weight is 511 g/mol. The second kappa shape index (κ2) is 10.4. The molecule has 1 aromatic heterocycles. The van der Waals surface area contributed by atoms with Crippen LogP contribution >= 0.6 is 11.3 Å². The Bertz CT molecular complexity index is 1040. The first-order chi connectivity index (χ1) is 16.6. The summed E-state index contributed by atoms with van der Waals surface area (Å²) in [4.78, 5) is 32.0. The summed E-state index contributed by atoms with van der Waals surface area (Å²) >= 11 is 0.942. The van der Waals surface area contributed by atoms with E-state index in [1.165, 1.54) is 7.05 Å². The van der Waals surface area contributed by atoms with Crippen LogP contribution in [-0.4, -0.2) is 66.8 Å². The zero-order valence-electron chi connectivity index (χ0n) is 19.6. The number of hydrogen-bond donors (Lipinski definition) is 3. The third kappa shape index (κ3) is 5.69. The number of fused-ring (bicyclic) bond motifs is 1. The van der Waals surface area contributed by atoms with Crippen molar-refractivity contribution in [2.24, 2.45) is 5.92 Å². The molecule has 190 valence electrons. The number of nitrogens with zero attached hydrogens (tertiary/aromatic N) is 3. The van der Waals surface area contributed by atoms with Gasteiger partial charge in [0.25, 0.3) is 5.91 Å². The van der Waals surface area contributed by atoms with Gasteiger partial charge in [0, 0.05) is 20.1 Å². The number of halogens is 3. The number of carbonyl (C=O) groups is 2. The maximum absolute atomic E-state index is 14.1. The molecule has 0 spiro atoms. The van der Waals surface area contributed by atoms with Crippen molar-refractivity contribution in [3.63, 3.8) is 0 Å². The van der Waals surface area contributed by atoms with Gasteiger partial charge in [0.2, 0.25) is 12.1 Å². The fourth-order valence-corrected chi connectivity index (χ4v) is 5.46. The molecule has 3 N–H and O–H groups in total. The van der Waals surface area contributed by atoms with E-state index in [1.807, 2.05) is 30.3 Å². The molecule has 1 fully saturated rings. The van der Waals surface area contributed by atoms with Crippen LogP contribution in [0.4, 0.5) is 23.3 Å². The Morgan fingerprint density at radius 3 is 2.60 bits per heavy atom. The van der Waals surface area contributed by atoms with Gasteiger partial charge < -0.3 is 25.8 Å². The number of hydrogen-bond acceptors (Lipinski definition) is 7. The number of benzene rings is 1. The molecule has 0 bridgehead atoms. The van der Waals surface area contributed by atoms with Crippen LogP contribution in [0.2, 0.25) is 0 Å². The van der Waals surface area contributed by atoms with Gasteiger partial charge in [-0.2, -0.15) is 13.2 Å². The summed E-state index contributed by atoms with van der Waals surface area (Å²) < 4.78 is 42.2. The molecule has 8 nitrogen and oxygen atoms in total. The molecule has 3 heterocycles. The van der Waals surface area contributed by atoms with Crippen molar-refractivity contribution >= 4 is 33.3 Å². The molecule has 12 heteroatoms. The van der Waals surface area contributed by atoms with E-state index in [1.54, 1.807) is 6.92 Å². The molecule has 2 aliphatic rings. The summed E-state index contributed by atoms with van der Waals surface area (Å²) in [7, 11) is 1.33. The number of anilines is 2. The van der Waals surface area contributed by atoms with Crippen molar-refractivity contribution in [2.75, 3.05) is 36.9 Å². The number of nitrogens with one attached hydrogen (secondary N) is 3. The lowest BCUT2D eigenvalue weighted by Gasteiger charge is -2.43. The quantitative estimate of drug-likeness (QED) is 0.531. The van der Waals surface area contributed by atoms with Crippen LogP contribution < -0.4 is 20.9 Å². The zero-order valence-corrected chi connectivity index (χ0v) is 20.4. The van der Waals surface area contributed by atoms with Crippen molar-refractivity contribution < 1.29 is 22.8 Å². The summed E-state index contributed by atoms with van der Waals surface area (Å²) in [6.45, 7) is 3.44. The van der Waals surface area contributed by atoms with E-state index < -0.39 is 24.3 Å². The zero-order chi connectivity index (χ0) is 25.2. The lowest BCUT2D eigenvalue weighted by Crippen LogP contribution is -2.61. The van der Waals surface area contributed by atoms with Crippen molar-refractivity contribution in [1.82, 2.24) is 20.5 Å². The number of carbonyl (C=O) groups excluding carboxylic acids is 2. The lowest BCUT2D eigenvalue weighted by atomic mass is 9.96. The first-order valence-electron chi connectivity index (χ1n) is 11.6. The second-order valence-corrected chi connectivity index (χ2v) is 9.90. The standard InChI is InChI=1S/C23H29F3N6O2S/c1-14(18(33)28-12-15-6-4-3-5-7-15)29-22-30-17-19(34)32(13-16-8-10-27-11-9-16)21(23(24,25)26)31(2)20(17)35-22/h3-7,14,16,21,27H,8-13H2,1-2H3,(H,28,33)(H,29,30)/t14-,21?/m1/s1. The Hall–Kier alpha value is -2.86. The molecule has 0 aliphatic carbocycles. The van der Waals surface area contributed by atoms with Crippen LogP contribution in [0, 0.1) is 5.92 Å². The molecule has 4 rings (SSSR count). The monoisotopic (exact) mass is 510 g/mol. The minimum absolute atomic E-state index is 0.00966. The molecule has 2 aromatic rings. The fraction of sp³-hybridized carbons (Fsp3) is 0.522. The minimum Gasteiger partial charge on any atom is -0.350 e. The number of rotatable bonds is 7. The van der Waals surface area contributed by atoms with Gasteiger partial charge in [-0.3, -0.25) is 9.59 Å². The van der Waals surface area contributed by atoms with Crippen LogP contribution in [0.5, 0.6) is 0 Å². The molecule has 2 amide bonds. The smallest absolute Gasteiger partial charge is 0.350 e. The Morgan fingerprint density at radius 1 is 1.26 bits per heavy atom. The molecule has 1 saturated heterocycles. The Balaban J connectivity index is 1.49. The SMILES string of the molecule is C[C@@H](Nc1nc2c(s1)N(C)C(C(F)(F)F)N(CC1CCNCC1)C2=O)C(=O)NCc1ccccc1. The largest absolute Gasteiger partial charge is 0.427 e. The first kappa shape index (κ1) is 25.2. The van der Waals surface area contributed by atoms with E-state index in [2.05, 4.69) is 20.9 Å². The third-order valence-electron chi connectivity index (χ3n) is 6.30. The predicted octanol–water partition coefficient (Wildman–Crippen LogP) is 3.04. The molecular weight excluding hydrogens is 481 g/mol. The Morgan fingerprint density at radius 2 is 1.94 bits per heavy atom. The van der Waals surface area contributed by atoms with E-state index >= 15 is 0 Å². The van der Waals surface area contributed by atoms with Gasteiger partial charge in [-0.05, 0) is 44.3 Å². The van der Waals surface area contributed by atoms with Crippen molar-refractivity contribution in [3.8, 4) is 0 Å². The van der Waals surface area contributed by atoms with Crippen LogP contribution in [0.3, 0.4) is 0 Å². The van der Waals surface area contributed by atoms with E-state index in [9.17, 15) is 22.8 Å². The van der Waals surface area contributed by atoms with Crippen LogP contribution in [-0.2, 0) is 11.3 Å². The maximum Gasteiger partial charge on any atom is 0.427 e. The Labute approximate surface area is 205 Å². The number of amides is 2. The van der Waals surface area contributed by atoms with Crippen LogP contribution in [0.25, 0.3) is 0 Å². The molecular formula is C23H29F3N6O2S. The van der Waals surface area contributed by atoms with E-state index in [-0.39, 0.29) is 34.2 Å². The molecule has 35 heavy (non-hydrogen) atoms. The van der Waals surface area contributed by atoms with Gasteiger partial charge in [0.15, 0.2) is 10.8 Å².